The Morgan fingerprint density at radius 2 is 2.29 bits per heavy atom. The van der Waals surface area contributed by atoms with Crippen LogP contribution in [-0.2, 0) is 0 Å². The molecule has 3 heteroatoms. The maximum Gasteiger partial charge on any atom is 0.0716 e. The molecule has 0 rings (SSSR count). The van der Waals surface area contributed by atoms with Crippen LogP contribution in [0.4, 0.5) is 0 Å². The summed E-state index contributed by atoms with van der Waals surface area (Å²) >= 11 is 2.06. The Kier molecular flexibility index (Phi) is 3.10. The first-order valence-corrected chi connectivity index (χ1v) is 3.37. The van der Waals surface area contributed by atoms with Crippen molar-refractivity contribution in [2.75, 3.05) is 0 Å². The van der Waals surface area contributed by atoms with Crippen molar-refractivity contribution in [2.45, 2.75) is 25.9 Å². The first-order valence-electron chi connectivity index (χ1n) is 2.29. The van der Waals surface area contributed by atoms with Crippen LogP contribution < -0.4 is 9.26 Å². The Labute approximate surface area is 58.3 Å². The van der Waals surface area contributed by atoms with Gasteiger partial charge >= 0.3 is 0 Å². The summed E-state index contributed by atoms with van der Waals surface area (Å²) in [5, 5.41) is 0. The van der Waals surface area contributed by atoms with E-state index >= 15 is 0 Å². The molecule has 1 unspecified atom stereocenters. The molecule has 0 spiro atoms. The van der Waals surface area contributed by atoms with E-state index in [-0.39, 0.29) is 5.66 Å². The molecule has 3 N–H and O–H groups in total. The van der Waals surface area contributed by atoms with Crippen molar-refractivity contribution in [2.24, 2.45) is 5.73 Å². The number of hydrogen-bond donors (Lipinski definition) is 2. The number of halogens is 1. The Hall–Kier alpha value is 0.650. The van der Waals surface area contributed by atoms with E-state index in [4.69, 9.17) is 5.73 Å². The van der Waals surface area contributed by atoms with Crippen molar-refractivity contribution in [3.8, 4) is 0 Å². The van der Waals surface area contributed by atoms with E-state index in [2.05, 4.69) is 26.4 Å². The predicted octanol–water partition coefficient (Wildman–Crippen LogP) is 1.01. The highest BCUT2D eigenvalue weighted by Gasteiger charge is 2.10. The fourth-order valence-electron chi connectivity index (χ4n) is 0.0668. The molecule has 2 nitrogen and oxygen atoms in total. The highest BCUT2D eigenvalue weighted by Crippen LogP contribution is 1.99. The molecule has 0 aromatic heterocycles. The fraction of sp³-hybridized carbons (Fsp3) is 1.00. The van der Waals surface area contributed by atoms with E-state index < -0.39 is 0 Å². The van der Waals surface area contributed by atoms with E-state index in [1.54, 1.807) is 0 Å². The van der Waals surface area contributed by atoms with Gasteiger partial charge in [0.1, 0.15) is 0 Å². The average molecular weight is 214 g/mol. The molecule has 0 saturated heterocycles. The zero-order chi connectivity index (χ0) is 5.91. The molecule has 0 aliphatic carbocycles. The monoisotopic (exact) mass is 214 g/mol. The SMILES string of the molecule is CCC(C)(N)NI. The molecule has 0 radical (unpaired) electrons. The van der Waals surface area contributed by atoms with Crippen LogP contribution in [-0.4, -0.2) is 5.66 Å². The molecule has 0 bridgehead atoms. The number of rotatable bonds is 2. The second-order valence-corrected chi connectivity index (χ2v) is 2.40. The lowest BCUT2D eigenvalue weighted by Crippen LogP contribution is -2.44. The first kappa shape index (κ1) is 7.65. The molecule has 0 aromatic carbocycles. The zero-order valence-corrected chi connectivity index (χ0v) is 6.82. The van der Waals surface area contributed by atoms with Gasteiger partial charge in [0.15, 0.2) is 0 Å². The van der Waals surface area contributed by atoms with E-state index in [9.17, 15) is 0 Å². The molecule has 0 fully saturated rings. The van der Waals surface area contributed by atoms with Gasteiger partial charge in [0, 0.05) is 22.9 Å². The molecule has 0 aliphatic rings. The third-order valence-corrected chi connectivity index (χ3v) is 2.18. The summed E-state index contributed by atoms with van der Waals surface area (Å²) in [6.45, 7) is 4.01. The number of nitrogens with two attached hydrogens (primary N) is 1. The molecular weight excluding hydrogens is 203 g/mol. The van der Waals surface area contributed by atoms with E-state index in [0.717, 1.165) is 6.42 Å². The van der Waals surface area contributed by atoms with Gasteiger partial charge < -0.3 is 5.73 Å². The van der Waals surface area contributed by atoms with Gasteiger partial charge in [-0.1, -0.05) is 6.92 Å². The van der Waals surface area contributed by atoms with Crippen LogP contribution >= 0.6 is 22.9 Å². The highest BCUT2D eigenvalue weighted by atomic mass is 127. The normalized spacial score (nSPS) is 18.9. The Morgan fingerprint density at radius 1 is 1.86 bits per heavy atom. The summed E-state index contributed by atoms with van der Waals surface area (Å²) in [7, 11) is 0. The van der Waals surface area contributed by atoms with Crippen LogP contribution in [0, 0.1) is 0 Å². The Bertz CT molecular complexity index is 47.7. The highest BCUT2D eigenvalue weighted by molar-refractivity contribution is 14.1. The van der Waals surface area contributed by atoms with E-state index in [0.29, 0.717) is 0 Å². The van der Waals surface area contributed by atoms with Gasteiger partial charge in [-0.25, -0.2) is 3.53 Å². The zero-order valence-electron chi connectivity index (χ0n) is 4.66. The summed E-state index contributed by atoms with van der Waals surface area (Å²) in [6.07, 6.45) is 0.954. The van der Waals surface area contributed by atoms with Crippen molar-refractivity contribution in [1.29, 1.82) is 0 Å². The van der Waals surface area contributed by atoms with Crippen molar-refractivity contribution < 1.29 is 0 Å². The van der Waals surface area contributed by atoms with Crippen LogP contribution in [0.3, 0.4) is 0 Å². The number of hydrogen-bond acceptors (Lipinski definition) is 2. The van der Waals surface area contributed by atoms with Gasteiger partial charge in [-0.3, -0.25) is 0 Å². The molecule has 0 aromatic rings. The minimum Gasteiger partial charge on any atom is -0.313 e. The maximum absolute atomic E-state index is 5.60. The molecule has 0 amide bonds. The molecule has 0 saturated carbocycles. The third kappa shape index (κ3) is 3.25. The molecule has 0 aliphatic heterocycles. The molecule has 1 atom stereocenters. The van der Waals surface area contributed by atoms with Gasteiger partial charge in [0.05, 0.1) is 5.66 Å². The van der Waals surface area contributed by atoms with Crippen molar-refractivity contribution in [3.63, 3.8) is 0 Å². The van der Waals surface area contributed by atoms with Gasteiger partial charge in [0.25, 0.3) is 0 Å². The third-order valence-electron chi connectivity index (χ3n) is 0.950. The van der Waals surface area contributed by atoms with E-state index in [1.807, 2.05) is 13.8 Å². The lowest BCUT2D eigenvalue weighted by molar-refractivity contribution is 0.450. The fourth-order valence-corrected chi connectivity index (χ4v) is 0.448. The van der Waals surface area contributed by atoms with Crippen LogP contribution in [0.1, 0.15) is 20.3 Å². The molecular formula is C4H11IN2. The summed E-state index contributed by atoms with van der Waals surface area (Å²) in [4.78, 5) is 0. The second kappa shape index (κ2) is 2.84. The molecule has 7 heavy (non-hydrogen) atoms. The van der Waals surface area contributed by atoms with Gasteiger partial charge in [0.2, 0.25) is 0 Å². The van der Waals surface area contributed by atoms with Crippen molar-refractivity contribution in [1.82, 2.24) is 3.53 Å². The number of nitrogens with one attached hydrogen (secondary N) is 1. The van der Waals surface area contributed by atoms with E-state index in [1.165, 1.54) is 0 Å². The minimum absolute atomic E-state index is 0.180. The second-order valence-electron chi connectivity index (χ2n) is 1.87. The summed E-state index contributed by atoms with van der Waals surface area (Å²) in [5.74, 6) is 0. The van der Waals surface area contributed by atoms with Crippen LogP contribution in [0.25, 0.3) is 0 Å². The lowest BCUT2D eigenvalue weighted by Gasteiger charge is -2.19. The largest absolute Gasteiger partial charge is 0.313 e. The van der Waals surface area contributed by atoms with Gasteiger partial charge in [-0.15, -0.1) is 0 Å². The van der Waals surface area contributed by atoms with Gasteiger partial charge in [-0.2, -0.15) is 0 Å². The maximum atomic E-state index is 5.60. The lowest BCUT2D eigenvalue weighted by atomic mass is 10.2. The quantitative estimate of drug-likeness (QED) is 0.409. The topological polar surface area (TPSA) is 38.0 Å². The summed E-state index contributed by atoms with van der Waals surface area (Å²) in [6, 6.07) is 0. The average Bonchev–Trinajstić information content (AvgIpc) is 1.68. The van der Waals surface area contributed by atoms with Crippen LogP contribution in [0.15, 0.2) is 0 Å². The van der Waals surface area contributed by atoms with Crippen LogP contribution in [0.2, 0.25) is 0 Å². The minimum atomic E-state index is -0.180. The summed E-state index contributed by atoms with van der Waals surface area (Å²) in [5.41, 5.74) is 5.42. The standard InChI is InChI=1S/C4H11IN2/c1-3-4(2,6)7-5/h7H,3,6H2,1-2H3. The van der Waals surface area contributed by atoms with Crippen LogP contribution in [0.5, 0.6) is 0 Å². The first-order chi connectivity index (χ1) is 3.12. The Morgan fingerprint density at radius 3 is 2.29 bits per heavy atom. The van der Waals surface area contributed by atoms with Crippen molar-refractivity contribution >= 4 is 22.9 Å². The predicted molar refractivity (Wildman–Crippen MR) is 40.0 cm³/mol. The Balaban J connectivity index is 3.36. The van der Waals surface area contributed by atoms with Crippen molar-refractivity contribution in [3.05, 3.63) is 0 Å². The molecule has 44 valence electrons. The smallest absolute Gasteiger partial charge is 0.0716 e. The molecule has 0 heterocycles. The summed E-state index contributed by atoms with van der Waals surface area (Å²) < 4.78 is 2.94. The van der Waals surface area contributed by atoms with Gasteiger partial charge in [-0.05, 0) is 13.3 Å².